The molecule has 0 spiro atoms. The van der Waals surface area contributed by atoms with Gasteiger partial charge in [0.15, 0.2) is 0 Å². The van der Waals surface area contributed by atoms with E-state index < -0.39 is 0 Å². The molecule has 12 heavy (non-hydrogen) atoms. The topological polar surface area (TPSA) is 26.0 Å². The van der Waals surface area contributed by atoms with Crippen LogP contribution in [-0.2, 0) is 0 Å². The smallest absolute Gasteiger partial charge is 0.00442 e. The maximum absolute atomic E-state index is 6.09. The molecule has 0 aromatic carbocycles. The van der Waals surface area contributed by atoms with Gasteiger partial charge in [0.2, 0.25) is 0 Å². The Kier molecular flexibility index (Phi) is 2.40. The first-order valence-corrected chi connectivity index (χ1v) is 5.51. The molecule has 4 atom stereocenters. The summed E-state index contributed by atoms with van der Waals surface area (Å²) in [6.45, 7) is 2.42. The second kappa shape index (κ2) is 3.37. The van der Waals surface area contributed by atoms with E-state index in [9.17, 15) is 0 Å². The maximum Gasteiger partial charge on any atom is 0.00442 e. The summed E-state index contributed by atoms with van der Waals surface area (Å²) in [7, 11) is 0. The van der Waals surface area contributed by atoms with Gasteiger partial charge >= 0.3 is 0 Å². The second-order valence-corrected chi connectivity index (χ2v) is 4.99. The van der Waals surface area contributed by atoms with Crippen molar-refractivity contribution in [2.45, 2.75) is 51.5 Å². The molecule has 0 aromatic heterocycles. The highest BCUT2D eigenvalue weighted by atomic mass is 14.6. The van der Waals surface area contributed by atoms with Gasteiger partial charge in [0.1, 0.15) is 0 Å². The highest BCUT2D eigenvalue weighted by Gasteiger charge is 2.30. The van der Waals surface area contributed by atoms with Crippen LogP contribution in [-0.4, -0.2) is 6.04 Å². The minimum absolute atomic E-state index is 0.519. The van der Waals surface area contributed by atoms with E-state index in [0.29, 0.717) is 6.04 Å². The zero-order valence-electron chi connectivity index (χ0n) is 8.13. The Balaban J connectivity index is 2.09. The molecule has 0 aliphatic heterocycles. The minimum Gasteiger partial charge on any atom is -0.328 e. The van der Waals surface area contributed by atoms with E-state index in [2.05, 4.69) is 6.92 Å². The molecule has 4 unspecified atom stereocenters. The predicted molar refractivity (Wildman–Crippen MR) is 51.8 cm³/mol. The van der Waals surface area contributed by atoms with Gasteiger partial charge in [-0.25, -0.2) is 0 Å². The average molecular weight is 167 g/mol. The maximum atomic E-state index is 6.09. The van der Waals surface area contributed by atoms with Crippen molar-refractivity contribution in [2.75, 3.05) is 0 Å². The molecule has 2 saturated carbocycles. The van der Waals surface area contributed by atoms with Gasteiger partial charge in [-0.1, -0.05) is 26.2 Å². The lowest BCUT2D eigenvalue weighted by atomic mass is 9.82. The van der Waals surface area contributed by atoms with Crippen molar-refractivity contribution in [3.05, 3.63) is 0 Å². The molecule has 2 fully saturated rings. The minimum atomic E-state index is 0.519. The zero-order valence-corrected chi connectivity index (χ0v) is 8.13. The third-order valence-electron chi connectivity index (χ3n) is 4.02. The molecule has 2 aliphatic carbocycles. The van der Waals surface area contributed by atoms with E-state index in [-0.39, 0.29) is 0 Å². The summed E-state index contributed by atoms with van der Waals surface area (Å²) in [5, 5.41) is 0. The Morgan fingerprint density at radius 1 is 1.00 bits per heavy atom. The molecule has 2 rings (SSSR count). The largest absolute Gasteiger partial charge is 0.328 e. The number of hydrogen-bond acceptors (Lipinski definition) is 1. The van der Waals surface area contributed by atoms with Crippen molar-refractivity contribution < 1.29 is 0 Å². The van der Waals surface area contributed by atoms with Crippen molar-refractivity contribution in [2.24, 2.45) is 23.5 Å². The third-order valence-corrected chi connectivity index (χ3v) is 4.02. The Morgan fingerprint density at radius 2 is 1.75 bits per heavy atom. The fraction of sp³-hybridized carbons (Fsp3) is 1.00. The monoisotopic (exact) mass is 167 g/mol. The molecule has 0 saturated heterocycles. The lowest BCUT2D eigenvalue weighted by Crippen LogP contribution is -2.27. The molecule has 1 heteroatoms. The van der Waals surface area contributed by atoms with Crippen molar-refractivity contribution in [3.8, 4) is 0 Å². The quantitative estimate of drug-likeness (QED) is 0.589. The summed E-state index contributed by atoms with van der Waals surface area (Å²) in [5.41, 5.74) is 6.09. The van der Waals surface area contributed by atoms with Gasteiger partial charge in [-0.05, 0) is 37.0 Å². The first kappa shape index (κ1) is 8.55. The van der Waals surface area contributed by atoms with Gasteiger partial charge in [0, 0.05) is 6.04 Å². The van der Waals surface area contributed by atoms with E-state index in [4.69, 9.17) is 5.73 Å². The van der Waals surface area contributed by atoms with Crippen LogP contribution in [0.15, 0.2) is 0 Å². The fourth-order valence-electron chi connectivity index (χ4n) is 3.11. The van der Waals surface area contributed by atoms with Crippen molar-refractivity contribution in [1.82, 2.24) is 0 Å². The first-order chi connectivity index (χ1) is 5.75. The second-order valence-electron chi connectivity index (χ2n) is 4.99. The molecule has 1 nitrogen and oxygen atoms in total. The van der Waals surface area contributed by atoms with Crippen LogP contribution in [0.2, 0.25) is 0 Å². The fourth-order valence-corrected chi connectivity index (χ4v) is 3.11. The van der Waals surface area contributed by atoms with Crippen molar-refractivity contribution >= 4 is 0 Å². The van der Waals surface area contributed by atoms with E-state index in [0.717, 1.165) is 17.8 Å². The van der Waals surface area contributed by atoms with E-state index in [1.165, 1.54) is 38.5 Å². The standard InChI is InChI=1S/C11H21N/c1-8-2-3-9-4-5-10(8)7-11(12)6-9/h8-11H,2-7,12H2,1H3. The van der Waals surface area contributed by atoms with Crippen LogP contribution in [0.4, 0.5) is 0 Å². The Bertz CT molecular complexity index is 153. The summed E-state index contributed by atoms with van der Waals surface area (Å²) < 4.78 is 0. The van der Waals surface area contributed by atoms with Crippen LogP contribution in [0.25, 0.3) is 0 Å². The van der Waals surface area contributed by atoms with E-state index in [1.807, 2.05) is 0 Å². The van der Waals surface area contributed by atoms with Crippen LogP contribution in [0.1, 0.15) is 45.4 Å². The molecular weight excluding hydrogens is 146 g/mol. The molecule has 2 aliphatic rings. The van der Waals surface area contributed by atoms with Gasteiger partial charge in [-0.15, -0.1) is 0 Å². The number of hydrogen-bond donors (Lipinski definition) is 1. The normalized spacial score (nSPS) is 48.5. The van der Waals surface area contributed by atoms with E-state index >= 15 is 0 Å². The highest BCUT2D eigenvalue weighted by molar-refractivity contribution is 4.84. The van der Waals surface area contributed by atoms with Crippen molar-refractivity contribution in [1.29, 1.82) is 0 Å². The Hall–Kier alpha value is -0.0400. The summed E-state index contributed by atoms with van der Waals surface area (Å²) in [5.74, 6) is 2.86. The number of rotatable bonds is 0. The zero-order chi connectivity index (χ0) is 8.55. The lowest BCUT2D eigenvalue weighted by Gasteiger charge is -2.26. The Labute approximate surface area is 75.7 Å². The summed E-state index contributed by atoms with van der Waals surface area (Å²) in [6.07, 6.45) is 8.44. The van der Waals surface area contributed by atoms with Crippen LogP contribution in [0.3, 0.4) is 0 Å². The van der Waals surface area contributed by atoms with E-state index in [1.54, 1.807) is 0 Å². The Morgan fingerprint density at radius 3 is 2.58 bits per heavy atom. The first-order valence-electron chi connectivity index (χ1n) is 5.51. The van der Waals surface area contributed by atoms with Gasteiger partial charge in [-0.3, -0.25) is 0 Å². The lowest BCUT2D eigenvalue weighted by molar-refractivity contribution is 0.278. The highest BCUT2D eigenvalue weighted by Crippen LogP contribution is 2.39. The SMILES string of the molecule is CC1CCC2CCC1CC(N)C2. The van der Waals surface area contributed by atoms with Gasteiger partial charge in [0.05, 0.1) is 0 Å². The van der Waals surface area contributed by atoms with Crippen LogP contribution in [0, 0.1) is 17.8 Å². The average Bonchev–Trinajstić information content (AvgIpc) is 2.29. The predicted octanol–water partition coefficient (Wildman–Crippen LogP) is 2.55. The molecular formula is C11H21N. The number of fused-ring (bicyclic) bond motifs is 3. The van der Waals surface area contributed by atoms with Gasteiger partial charge < -0.3 is 5.73 Å². The van der Waals surface area contributed by atoms with Crippen molar-refractivity contribution in [3.63, 3.8) is 0 Å². The molecule has 0 aromatic rings. The molecule has 2 bridgehead atoms. The molecule has 70 valence electrons. The molecule has 2 N–H and O–H groups in total. The molecule has 0 amide bonds. The molecule has 0 heterocycles. The molecule has 0 radical (unpaired) electrons. The summed E-state index contributed by atoms with van der Waals surface area (Å²) >= 11 is 0. The third kappa shape index (κ3) is 1.66. The summed E-state index contributed by atoms with van der Waals surface area (Å²) in [4.78, 5) is 0. The summed E-state index contributed by atoms with van der Waals surface area (Å²) in [6, 6.07) is 0.519. The van der Waals surface area contributed by atoms with Gasteiger partial charge in [0.25, 0.3) is 0 Å². The number of nitrogens with two attached hydrogens (primary N) is 1. The van der Waals surface area contributed by atoms with Crippen LogP contribution >= 0.6 is 0 Å². The van der Waals surface area contributed by atoms with Crippen LogP contribution < -0.4 is 5.73 Å². The van der Waals surface area contributed by atoms with Gasteiger partial charge in [-0.2, -0.15) is 0 Å². The van der Waals surface area contributed by atoms with Crippen LogP contribution in [0.5, 0.6) is 0 Å².